The molecule has 2 heterocycles. The number of amides is 2. The molecule has 0 aliphatic heterocycles. The number of aromatic nitrogens is 4. The molecule has 2 aromatic heterocycles. The number of carbonyl (C=O) groups is 5. The normalized spacial score (nSPS) is 13.2. The SMILES string of the molecule is CCCCCCCCCCCCCCCCCC(=O)OCC(COP(=O)([O-])OCC[N+](C)(C)C)OC(=O)CCCNC(=O)[C@H](CCC(=O)O)NC(=O)c1ccc(N(C)Cc2cnc3nc(N)nc(N)c3n2)cc1. The molecule has 3 rings (SSSR count). The number of likely N-dealkylation sites (N-methyl/N-ethyl adjacent to an activating group) is 1. The predicted molar refractivity (Wildman–Crippen MR) is 276 cm³/mol. The van der Waals surface area contributed by atoms with Crippen molar-refractivity contribution in [1.82, 2.24) is 30.6 Å². The fourth-order valence-corrected chi connectivity index (χ4v) is 8.23. The third-order valence-corrected chi connectivity index (χ3v) is 12.7. The Bertz CT molecular complexity index is 2220. The largest absolute Gasteiger partial charge is 0.756 e. The van der Waals surface area contributed by atoms with Crippen molar-refractivity contribution in [1.29, 1.82) is 0 Å². The summed E-state index contributed by atoms with van der Waals surface area (Å²) in [7, 11) is 2.60. The smallest absolute Gasteiger partial charge is 0.306 e. The van der Waals surface area contributed by atoms with Crippen molar-refractivity contribution in [3.63, 3.8) is 0 Å². The molecule has 0 fully saturated rings. The summed E-state index contributed by atoms with van der Waals surface area (Å²) in [6, 6.07) is 5.26. The molecule has 0 spiro atoms. The number of phosphoric ester groups is 1. The number of nitrogens with one attached hydrogen (secondary N) is 2. The van der Waals surface area contributed by atoms with E-state index in [1.807, 2.05) is 26.0 Å². The van der Waals surface area contributed by atoms with Gasteiger partial charge in [-0.3, -0.25) is 28.5 Å². The van der Waals surface area contributed by atoms with Crippen molar-refractivity contribution in [3.8, 4) is 0 Å². The van der Waals surface area contributed by atoms with Gasteiger partial charge in [0.2, 0.25) is 11.9 Å². The highest BCUT2D eigenvalue weighted by Crippen LogP contribution is 2.38. The molecule has 0 aliphatic carbocycles. The molecule has 73 heavy (non-hydrogen) atoms. The van der Waals surface area contributed by atoms with Crippen molar-refractivity contribution < 1.29 is 61.5 Å². The number of hydrogen-bond donors (Lipinski definition) is 5. The van der Waals surface area contributed by atoms with Gasteiger partial charge in [0.25, 0.3) is 13.7 Å². The predicted octanol–water partition coefficient (Wildman–Crippen LogP) is 6.00. The number of fused-ring (bicyclic) bond motifs is 1. The van der Waals surface area contributed by atoms with Crippen molar-refractivity contribution in [2.45, 2.75) is 154 Å². The summed E-state index contributed by atoms with van der Waals surface area (Å²) >= 11 is 0. The Balaban J connectivity index is 1.46. The number of aliphatic carboxylic acids is 1. The first-order valence-electron chi connectivity index (χ1n) is 25.7. The van der Waals surface area contributed by atoms with Gasteiger partial charge in [0, 0.05) is 44.1 Å². The maximum absolute atomic E-state index is 13.3. The third-order valence-electron chi connectivity index (χ3n) is 11.7. The van der Waals surface area contributed by atoms with E-state index in [1.54, 1.807) is 37.5 Å². The van der Waals surface area contributed by atoms with Crippen LogP contribution in [-0.2, 0) is 48.8 Å². The minimum Gasteiger partial charge on any atom is -0.756 e. The number of carboxylic acids is 1. The van der Waals surface area contributed by atoms with Crippen LogP contribution in [0.3, 0.4) is 0 Å². The molecule has 2 unspecified atom stereocenters. The first kappa shape index (κ1) is 61.8. The number of benzene rings is 1. The van der Waals surface area contributed by atoms with Gasteiger partial charge in [-0.05, 0) is 43.5 Å². The standard InChI is InChI=1S/C50H81N10O12P/c1-6-7-8-9-10-11-12-13-14-15-16-17-18-19-20-22-43(63)69-35-40(36-71-73(67,68)70-32-31-60(3,4)5)72-44(64)23-21-30-53-49(66)41(28-29-42(61)62)56-48(65)37-24-26-39(27-25-37)59(2)34-38-33-54-47-45(55-38)46(51)57-50(52)58-47/h24-27,33,40-41H,6-23,28-32,34-36H2,1-5H3,(H7-,51,52,53,54,56,57,58,61,62,65,66,67,68)/t40?,41-/m0/s1. The fourth-order valence-electron chi connectivity index (χ4n) is 7.50. The van der Waals surface area contributed by atoms with Crippen LogP contribution < -0.4 is 31.9 Å². The number of carbonyl (C=O) groups excluding carboxylic acids is 4. The molecular weight excluding hydrogens is 964 g/mol. The van der Waals surface area contributed by atoms with Gasteiger partial charge in [0.1, 0.15) is 25.8 Å². The van der Waals surface area contributed by atoms with E-state index < -0.39 is 69.3 Å². The number of carboxylic acid groups (broad SMARTS) is 1. The summed E-state index contributed by atoms with van der Waals surface area (Å²) in [5.41, 5.74) is 13.7. The van der Waals surface area contributed by atoms with Crippen LogP contribution >= 0.6 is 7.82 Å². The molecule has 22 nitrogen and oxygen atoms in total. The van der Waals surface area contributed by atoms with Crippen LogP contribution in [0.1, 0.15) is 151 Å². The van der Waals surface area contributed by atoms with E-state index in [-0.39, 0.29) is 61.8 Å². The van der Waals surface area contributed by atoms with Crippen LogP contribution in [0.15, 0.2) is 30.5 Å². The highest BCUT2D eigenvalue weighted by Gasteiger charge is 2.24. The Morgan fingerprint density at radius 2 is 1.40 bits per heavy atom. The summed E-state index contributed by atoms with van der Waals surface area (Å²) in [6.45, 7) is 1.61. The summed E-state index contributed by atoms with van der Waals surface area (Å²) in [4.78, 5) is 94.7. The number of phosphoric acid groups is 1. The van der Waals surface area contributed by atoms with Crippen molar-refractivity contribution in [3.05, 3.63) is 41.7 Å². The Morgan fingerprint density at radius 1 is 0.795 bits per heavy atom. The Hall–Kier alpha value is -5.54. The number of nitrogens with zero attached hydrogens (tertiary/aromatic N) is 6. The minimum atomic E-state index is -4.81. The molecule has 0 bridgehead atoms. The van der Waals surface area contributed by atoms with Crippen LogP contribution in [0.2, 0.25) is 0 Å². The molecule has 23 heteroatoms. The first-order chi connectivity index (χ1) is 34.7. The van der Waals surface area contributed by atoms with E-state index in [9.17, 15) is 38.5 Å². The van der Waals surface area contributed by atoms with Crippen LogP contribution in [0.5, 0.6) is 0 Å². The summed E-state index contributed by atoms with van der Waals surface area (Å²) < 4.78 is 33.8. The van der Waals surface area contributed by atoms with E-state index in [0.717, 1.165) is 24.9 Å². The third kappa shape index (κ3) is 26.8. The first-order valence-corrected chi connectivity index (χ1v) is 27.1. The second-order valence-electron chi connectivity index (χ2n) is 19.3. The Labute approximate surface area is 430 Å². The van der Waals surface area contributed by atoms with Crippen LogP contribution in [0, 0.1) is 0 Å². The van der Waals surface area contributed by atoms with Gasteiger partial charge in [0.05, 0.1) is 46.2 Å². The Kier molecular flexibility index (Phi) is 28.2. The Morgan fingerprint density at radius 3 is 2.00 bits per heavy atom. The number of unbranched alkanes of at least 4 members (excludes halogenated alkanes) is 14. The highest BCUT2D eigenvalue weighted by atomic mass is 31.2. The lowest BCUT2D eigenvalue weighted by Crippen LogP contribution is -2.47. The van der Waals surface area contributed by atoms with Crippen LogP contribution in [-0.4, -0.2) is 132 Å². The van der Waals surface area contributed by atoms with E-state index in [0.29, 0.717) is 35.2 Å². The molecule has 0 saturated heterocycles. The maximum Gasteiger partial charge on any atom is 0.306 e. The van der Waals surface area contributed by atoms with Gasteiger partial charge < -0.3 is 60.0 Å². The van der Waals surface area contributed by atoms with E-state index >= 15 is 0 Å². The van der Waals surface area contributed by atoms with Crippen LogP contribution in [0.4, 0.5) is 17.5 Å². The van der Waals surface area contributed by atoms with Crippen molar-refractivity contribution in [2.75, 3.05) is 77.5 Å². The lowest BCUT2D eigenvalue weighted by atomic mass is 10.0. The average molecular weight is 1050 g/mol. The molecule has 3 aromatic rings. The van der Waals surface area contributed by atoms with Crippen molar-refractivity contribution >= 4 is 66.2 Å². The molecule has 408 valence electrons. The van der Waals surface area contributed by atoms with E-state index in [2.05, 4.69) is 37.5 Å². The average Bonchev–Trinajstić information content (AvgIpc) is 3.33. The summed E-state index contributed by atoms with van der Waals surface area (Å²) in [6.07, 6.45) is 17.4. The van der Waals surface area contributed by atoms with Gasteiger partial charge >= 0.3 is 17.9 Å². The number of nitrogen functional groups attached to an aromatic ring is 2. The monoisotopic (exact) mass is 1040 g/mol. The quantitative estimate of drug-likeness (QED) is 0.0189. The van der Waals surface area contributed by atoms with Gasteiger partial charge in [-0.2, -0.15) is 9.97 Å². The van der Waals surface area contributed by atoms with Crippen LogP contribution in [0.25, 0.3) is 11.2 Å². The second-order valence-corrected chi connectivity index (χ2v) is 20.8. The van der Waals surface area contributed by atoms with E-state index in [4.69, 9.17) is 30.0 Å². The number of esters is 2. The van der Waals surface area contributed by atoms with E-state index in [1.165, 1.54) is 70.6 Å². The molecule has 1 aromatic carbocycles. The number of ether oxygens (including phenoxy) is 2. The zero-order valence-corrected chi connectivity index (χ0v) is 44.5. The zero-order chi connectivity index (χ0) is 53.7. The summed E-state index contributed by atoms with van der Waals surface area (Å²) in [5.74, 6) is -3.68. The maximum atomic E-state index is 13.3. The van der Waals surface area contributed by atoms with Crippen molar-refractivity contribution in [2.24, 2.45) is 0 Å². The fraction of sp³-hybridized carbons (Fsp3) is 0.660. The molecule has 7 N–H and O–H groups in total. The lowest BCUT2D eigenvalue weighted by molar-refractivity contribution is -0.870. The van der Waals surface area contributed by atoms with Gasteiger partial charge in [-0.25, -0.2) is 9.97 Å². The number of hydrogen-bond acceptors (Lipinski definition) is 18. The number of rotatable bonds is 39. The minimum absolute atomic E-state index is 0.0137. The lowest BCUT2D eigenvalue weighted by Gasteiger charge is -2.28. The second kappa shape index (κ2) is 33.3. The highest BCUT2D eigenvalue weighted by molar-refractivity contribution is 7.45. The van der Waals surface area contributed by atoms with Gasteiger partial charge in [0.15, 0.2) is 23.1 Å². The number of anilines is 3. The zero-order valence-electron chi connectivity index (χ0n) is 43.6. The molecular formula is C50H81N10O12P. The summed E-state index contributed by atoms with van der Waals surface area (Å²) in [5, 5.41) is 14.6. The number of quaternary nitrogens is 1. The number of nitrogens with two attached hydrogens (primary N) is 2. The topological polar surface area (TPSA) is 314 Å². The molecule has 3 atom stereocenters. The molecule has 0 radical (unpaired) electrons. The molecule has 0 aliphatic rings. The molecule has 0 saturated carbocycles. The molecule has 2 amide bonds. The van der Waals surface area contributed by atoms with Gasteiger partial charge in [-0.1, -0.05) is 96.8 Å². The van der Waals surface area contributed by atoms with Gasteiger partial charge in [-0.15, -0.1) is 0 Å².